The van der Waals surface area contributed by atoms with E-state index in [4.69, 9.17) is 4.74 Å². The number of benzene rings is 2. The molecular formula is C17H15NO3. The lowest BCUT2D eigenvalue weighted by atomic mass is 10.2. The van der Waals surface area contributed by atoms with Gasteiger partial charge in [0.05, 0.1) is 5.52 Å². The van der Waals surface area contributed by atoms with E-state index in [1.165, 1.54) is 6.92 Å². The quantitative estimate of drug-likeness (QED) is 0.749. The van der Waals surface area contributed by atoms with Crippen LogP contribution in [0.1, 0.15) is 12.5 Å². The van der Waals surface area contributed by atoms with E-state index in [-0.39, 0.29) is 11.7 Å². The fourth-order valence-electron chi connectivity index (χ4n) is 2.39. The average Bonchev–Trinajstić information content (AvgIpc) is 2.76. The van der Waals surface area contributed by atoms with E-state index in [0.29, 0.717) is 12.3 Å². The molecule has 1 heterocycles. The molecule has 0 aliphatic heterocycles. The van der Waals surface area contributed by atoms with Crippen LogP contribution in [-0.4, -0.2) is 15.6 Å². The number of carbonyl (C=O) groups is 1. The molecule has 4 heteroatoms. The summed E-state index contributed by atoms with van der Waals surface area (Å²) in [5.41, 5.74) is 1.96. The first-order valence-electron chi connectivity index (χ1n) is 6.67. The predicted octanol–water partition coefficient (Wildman–Crippen LogP) is 3.32. The molecule has 3 rings (SSSR count). The number of phenolic OH excluding ortho intramolecular Hbond substituents is 1. The van der Waals surface area contributed by atoms with Gasteiger partial charge in [0.25, 0.3) is 0 Å². The van der Waals surface area contributed by atoms with Gasteiger partial charge in [-0.3, -0.25) is 4.79 Å². The third-order valence-electron chi connectivity index (χ3n) is 3.28. The Balaban J connectivity index is 2.08. The number of hydrogen-bond donors (Lipinski definition) is 1. The molecule has 0 radical (unpaired) electrons. The van der Waals surface area contributed by atoms with Gasteiger partial charge in [-0.2, -0.15) is 0 Å². The summed E-state index contributed by atoms with van der Waals surface area (Å²) in [6.45, 7) is 2.02. The zero-order valence-electron chi connectivity index (χ0n) is 11.6. The molecule has 0 spiro atoms. The maximum absolute atomic E-state index is 11.2. The van der Waals surface area contributed by atoms with Gasteiger partial charge in [-0.1, -0.05) is 30.3 Å². The van der Waals surface area contributed by atoms with Gasteiger partial charge in [0.2, 0.25) is 0 Å². The van der Waals surface area contributed by atoms with Crippen molar-refractivity contribution in [2.24, 2.45) is 0 Å². The minimum Gasteiger partial charge on any atom is -0.508 e. The fourth-order valence-corrected chi connectivity index (χ4v) is 2.39. The maximum atomic E-state index is 11.2. The van der Waals surface area contributed by atoms with Crippen LogP contribution in [0.2, 0.25) is 0 Å². The van der Waals surface area contributed by atoms with E-state index in [1.54, 1.807) is 24.4 Å². The van der Waals surface area contributed by atoms with Crippen LogP contribution in [0.5, 0.6) is 11.5 Å². The zero-order chi connectivity index (χ0) is 14.8. The van der Waals surface area contributed by atoms with E-state index in [0.717, 1.165) is 16.5 Å². The van der Waals surface area contributed by atoms with Gasteiger partial charge in [0.15, 0.2) is 5.75 Å². The molecule has 0 saturated carbocycles. The van der Waals surface area contributed by atoms with Crippen molar-refractivity contribution in [3.8, 4) is 11.5 Å². The van der Waals surface area contributed by atoms with Crippen LogP contribution in [0.4, 0.5) is 0 Å². The van der Waals surface area contributed by atoms with Crippen molar-refractivity contribution in [3.05, 3.63) is 60.3 Å². The molecule has 1 N–H and O–H groups in total. The highest BCUT2D eigenvalue weighted by Gasteiger charge is 2.12. The minimum absolute atomic E-state index is 0.185. The summed E-state index contributed by atoms with van der Waals surface area (Å²) in [5, 5.41) is 10.5. The molecule has 1 aromatic heterocycles. The van der Waals surface area contributed by atoms with Gasteiger partial charge in [-0.15, -0.1) is 0 Å². The van der Waals surface area contributed by atoms with Crippen molar-refractivity contribution in [1.29, 1.82) is 0 Å². The van der Waals surface area contributed by atoms with Crippen LogP contribution >= 0.6 is 0 Å². The van der Waals surface area contributed by atoms with Crippen molar-refractivity contribution in [3.63, 3.8) is 0 Å². The third kappa shape index (κ3) is 2.74. The monoisotopic (exact) mass is 281 g/mol. The third-order valence-corrected chi connectivity index (χ3v) is 3.28. The summed E-state index contributed by atoms with van der Waals surface area (Å²) in [5.74, 6) is 0.333. The summed E-state index contributed by atoms with van der Waals surface area (Å²) in [6.07, 6.45) is 1.79. The number of fused-ring (bicyclic) bond motifs is 1. The van der Waals surface area contributed by atoms with Crippen molar-refractivity contribution < 1.29 is 14.6 Å². The van der Waals surface area contributed by atoms with Gasteiger partial charge < -0.3 is 14.4 Å². The lowest BCUT2D eigenvalue weighted by Gasteiger charge is -2.05. The van der Waals surface area contributed by atoms with Crippen LogP contribution in [0.3, 0.4) is 0 Å². The van der Waals surface area contributed by atoms with Crippen molar-refractivity contribution in [2.75, 3.05) is 0 Å². The standard InChI is InChI=1S/C17H15NO3/c1-12(19)21-17-11-18(10-13-5-3-2-4-6-13)16-9-14(20)7-8-15(16)17/h2-9,11,20H,10H2,1H3. The maximum Gasteiger partial charge on any atom is 0.308 e. The molecule has 0 atom stereocenters. The smallest absolute Gasteiger partial charge is 0.308 e. The number of nitrogens with zero attached hydrogens (tertiary/aromatic N) is 1. The Bertz CT molecular complexity index is 790. The summed E-state index contributed by atoms with van der Waals surface area (Å²) in [7, 11) is 0. The van der Waals surface area contributed by atoms with Crippen LogP contribution in [0.15, 0.2) is 54.7 Å². The Labute approximate surface area is 122 Å². The second kappa shape index (κ2) is 5.32. The molecule has 2 aromatic carbocycles. The van der Waals surface area contributed by atoms with Crippen molar-refractivity contribution in [2.45, 2.75) is 13.5 Å². The first-order chi connectivity index (χ1) is 10.1. The van der Waals surface area contributed by atoms with Crippen LogP contribution in [0.25, 0.3) is 10.9 Å². The second-order valence-electron chi connectivity index (χ2n) is 4.90. The number of aromatic nitrogens is 1. The molecular weight excluding hydrogens is 266 g/mol. The van der Waals surface area contributed by atoms with E-state index in [9.17, 15) is 9.90 Å². The molecule has 0 aliphatic rings. The highest BCUT2D eigenvalue weighted by atomic mass is 16.5. The Morgan fingerprint density at radius 3 is 2.67 bits per heavy atom. The number of phenols is 1. The number of ether oxygens (including phenoxy) is 1. The van der Waals surface area contributed by atoms with Crippen molar-refractivity contribution >= 4 is 16.9 Å². The van der Waals surface area contributed by atoms with Gasteiger partial charge >= 0.3 is 5.97 Å². The Morgan fingerprint density at radius 1 is 1.19 bits per heavy atom. The molecule has 106 valence electrons. The van der Waals surface area contributed by atoms with Gasteiger partial charge in [0, 0.05) is 31.1 Å². The summed E-state index contributed by atoms with van der Waals surface area (Å²) >= 11 is 0. The highest BCUT2D eigenvalue weighted by molar-refractivity contribution is 5.90. The fraction of sp³-hybridized carbons (Fsp3) is 0.118. The largest absolute Gasteiger partial charge is 0.508 e. The van der Waals surface area contributed by atoms with Gasteiger partial charge in [0.1, 0.15) is 5.75 Å². The number of esters is 1. The molecule has 3 aromatic rings. The van der Waals surface area contributed by atoms with Gasteiger partial charge in [-0.05, 0) is 17.7 Å². The molecule has 21 heavy (non-hydrogen) atoms. The number of aromatic hydroxyl groups is 1. The van der Waals surface area contributed by atoms with E-state index < -0.39 is 0 Å². The van der Waals surface area contributed by atoms with E-state index in [1.807, 2.05) is 34.9 Å². The van der Waals surface area contributed by atoms with Gasteiger partial charge in [-0.25, -0.2) is 0 Å². The molecule has 0 amide bonds. The second-order valence-corrected chi connectivity index (χ2v) is 4.90. The average molecular weight is 281 g/mol. The lowest BCUT2D eigenvalue weighted by molar-refractivity contribution is -0.131. The normalized spacial score (nSPS) is 10.7. The molecule has 4 nitrogen and oxygen atoms in total. The first kappa shape index (κ1) is 13.2. The molecule has 0 bridgehead atoms. The summed E-state index contributed by atoms with van der Waals surface area (Å²) in [6, 6.07) is 15.0. The molecule has 0 saturated heterocycles. The van der Waals surface area contributed by atoms with Crippen molar-refractivity contribution in [1.82, 2.24) is 4.57 Å². The highest BCUT2D eigenvalue weighted by Crippen LogP contribution is 2.31. The van der Waals surface area contributed by atoms with E-state index in [2.05, 4.69) is 0 Å². The lowest BCUT2D eigenvalue weighted by Crippen LogP contribution is -2.01. The minimum atomic E-state index is -0.359. The molecule has 0 aliphatic carbocycles. The number of rotatable bonds is 3. The van der Waals surface area contributed by atoms with Crippen LogP contribution < -0.4 is 4.74 Å². The van der Waals surface area contributed by atoms with E-state index >= 15 is 0 Å². The number of carbonyl (C=O) groups excluding carboxylic acids is 1. The molecule has 0 unspecified atom stereocenters. The summed E-state index contributed by atoms with van der Waals surface area (Å²) in [4.78, 5) is 11.2. The predicted molar refractivity (Wildman–Crippen MR) is 80.5 cm³/mol. The Hall–Kier alpha value is -2.75. The number of hydrogen-bond acceptors (Lipinski definition) is 3. The summed E-state index contributed by atoms with van der Waals surface area (Å²) < 4.78 is 7.21. The Kier molecular flexibility index (Phi) is 3.36. The zero-order valence-corrected chi connectivity index (χ0v) is 11.6. The van der Waals surface area contributed by atoms with Crippen LogP contribution in [-0.2, 0) is 11.3 Å². The van der Waals surface area contributed by atoms with Crippen LogP contribution in [0, 0.1) is 0 Å². The Morgan fingerprint density at radius 2 is 1.95 bits per heavy atom. The SMILES string of the molecule is CC(=O)Oc1cn(Cc2ccccc2)c2cc(O)ccc12. The first-order valence-corrected chi connectivity index (χ1v) is 6.67. The topological polar surface area (TPSA) is 51.5 Å². The molecule has 0 fully saturated rings.